The normalized spacial score (nSPS) is 10.7. The van der Waals surface area contributed by atoms with Crippen LogP contribution in [-0.2, 0) is 0 Å². The van der Waals surface area contributed by atoms with Crippen molar-refractivity contribution in [3.8, 4) is 11.5 Å². The fourth-order valence-electron chi connectivity index (χ4n) is 1.57. The zero-order chi connectivity index (χ0) is 14.5. The number of aryl methyl sites for hydroxylation is 1. The standard InChI is InChI=1S/C15H14N2O3/c1-10-2-4-11(5-3-10)15(20)17-16-9-12-6-7-13(18)8-14(12)19/h2-9,18-19H,1H3,(H,17,20). The van der Waals surface area contributed by atoms with Gasteiger partial charge in [-0.05, 0) is 31.2 Å². The van der Waals surface area contributed by atoms with Crippen molar-refractivity contribution in [2.45, 2.75) is 6.92 Å². The monoisotopic (exact) mass is 270 g/mol. The molecule has 3 N–H and O–H groups in total. The number of benzene rings is 2. The Morgan fingerprint density at radius 1 is 1.15 bits per heavy atom. The fourth-order valence-corrected chi connectivity index (χ4v) is 1.57. The molecule has 0 fully saturated rings. The average Bonchev–Trinajstić information content (AvgIpc) is 2.42. The van der Waals surface area contributed by atoms with Crippen molar-refractivity contribution in [3.05, 3.63) is 59.2 Å². The molecule has 0 atom stereocenters. The Labute approximate surface area is 116 Å². The van der Waals surface area contributed by atoms with Crippen LogP contribution in [0.4, 0.5) is 0 Å². The van der Waals surface area contributed by atoms with Crippen molar-refractivity contribution in [1.82, 2.24) is 5.43 Å². The number of hydrogen-bond acceptors (Lipinski definition) is 4. The summed E-state index contributed by atoms with van der Waals surface area (Å²) < 4.78 is 0. The molecular formula is C15H14N2O3. The van der Waals surface area contributed by atoms with E-state index in [9.17, 15) is 9.90 Å². The van der Waals surface area contributed by atoms with Crippen LogP contribution in [0.15, 0.2) is 47.6 Å². The Kier molecular flexibility index (Phi) is 4.00. The van der Waals surface area contributed by atoms with E-state index in [0.717, 1.165) is 5.56 Å². The molecule has 20 heavy (non-hydrogen) atoms. The topological polar surface area (TPSA) is 81.9 Å². The molecule has 0 saturated carbocycles. The molecule has 2 rings (SSSR count). The van der Waals surface area contributed by atoms with Gasteiger partial charge in [0, 0.05) is 17.2 Å². The number of nitrogens with zero attached hydrogens (tertiary/aromatic N) is 1. The highest BCUT2D eigenvalue weighted by atomic mass is 16.3. The maximum Gasteiger partial charge on any atom is 0.271 e. The van der Waals surface area contributed by atoms with Gasteiger partial charge in [0.1, 0.15) is 11.5 Å². The summed E-state index contributed by atoms with van der Waals surface area (Å²) in [6, 6.07) is 11.2. The molecule has 2 aromatic rings. The van der Waals surface area contributed by atoms with Crippen LogP contribution >= 0.6 is 0 Å². The van der Waals surface area contributed by atoms with Crippen molar-refractivity contribution in [2.75, 3.05) is 0 Å². The van der Waals surface area contributed by atoms with Crippen molar-refractivity contribution < 1.29 is 15.0 Å². The molecule has 0 radical (unpaired) electrons. The molecule has 2 aromatic carbocycles. The lowest BCUT2D eigenvalue weighted by atomic mass is 10.1. The Balaban J connectivity index is 2.02. The first-order chi connectivity index (χ1) is 9.56. The van der Waals surface area contributed by atoms with E-state index in [0.29, 0.717) is 11.1 Å². The number of amides is 1. The molecule has 0 aliphatic carbocycles. The van der Waals surface area contributed by atoms with Gasteiger partial charge in [-0.25, -0.2) is 5.43 Å². The summed E-state index contributed by atoms with van der Waals surface area (Å²) in [4.78, 5) is 11.8. The number of hydrazone groups is 1. The van der Waals surface area contributed by atoms with Gasteiger partial charge in [0.25, 0.3) is 5.91 Å². The van der Waals surface area contributed by atoms with Crippen molar-refractivity contribution in [2.24, 2.45) is 5.10 Å². The minimum Gasteiger partial charge on any atom is -0.508 e. The van der Waals surface area contributed by atoms with E-state index in [4.69, 9.17) is 5.11 Å². The van der Waals surface area contributed by atoms with Crippen molar-refractivity contribution in [1.29, 1.82) is 0 Å². The van der Waals surface area contributed by atoms with E-state index in [2.05, 4.69) is 10.5 Å². The number of hydrogen-bond donors (Lipinski definition) is 3. The number of phenolic OH excluding ortho intramolecular Hbond substituents is 2. The molecule has 0 spiro atoms. The van der Waals surface area contributed by atoms with E-state index in [1.807, 2.05) is 19.1 Å². The van der Waals surface area contributed by atoms with E-state index >= 15 is 0 Å². The smallest absolute Gasteiger partial charge is 0.271 e. The minimum atomic E-state index is -0.334. The average molecular weight is 270 g/mol. The van der Waals surface area contributed by atoms with E-state index in [-0.39, 0.29) is 17.4 Å². The summed E-state index contributed by atoms with van der Waals surface area (Å²) in [5.41, 5.74) is 4.33. The quantitative estimate of drug-likeness (QED) is 0.590. The van der Waals surface area contributed by atoms with Crippen molar-refractivity contribution >= 4 is 12.1 Å². The van der Waals surface area contributed by atoms with E-state index < -0.39 is 0 Å². The highest BCUT2D eigenvalue weighted by molar-refractivity contribution is 5.95. The molecule has 1 amide bonds. The summed E-state index contributed by atoms with van der Waals surface area (Å²) in [5, 5.41) is 22.5. The third-order valence-corrected chi connectivity index (χ3v) is 2.70. The molecule has 0 bridgehead atoms. The second-order valence-corrected chi connectivity index (χ2v) is 4.31. The van der Waals surface area contributed by atoms with Gasteiger partial charge in [0.05, 0.1) is 6.21 Å². The van der Waals surface area contributed by atoms with Crippen LogP contribution in [0.1, 0.15) is 21.5 Å². The second kappa shape index (κ2) is 5.88. The van der Waals surface area contributed by atoms with Gasteiger partial charge in [-0.3, -0.25) is 4.79 Å². The second-order valence-electron chi connectivity index (χ2n) is 4.31. The number of nitrogens with one attached hydrogen (secondary N) is 1. The van der Waals surface area contributed by atoms with Gasteiger partial charge < -0.3 is 10.2 Å². The summed E-state index contributed by atoms with van der Waals surface area (Å²) in [5.74, 6) is -0.485. The Hall–Kier alpha value is -2.82. The van der Waals surface area contributed by atoms with Gasteiger partial charge in [0.2, 0.25) is 0 Å². The lowest BCUT2D eigenvalue weighted by molar-refractivity contribution is 0.0955. The van der Waals surface area contributed by atoms with E-state index in [1.165, 1.54) is 24.4 Å². The van der Waals surface area contributed by atoms with Crippen LogP contribution in [-0.4, -0.2) is 22.3 Å². The molecule has 0 saturated heterocycles. The van der Waals surface area contributed by atoms with E-state index in [1.54, 1.807) is 12.1 Å². The minimum absolute atomic E-state index is 0.0386. The predicted octanol–water partition coefficient (Wildman–Crippen LogP) is 2.17. The zero-order valence-corrected chi connectivity index (χ0v) is 10.9. The number of aromatic hydroxyl groups is 2. The number of carbonyl (C=O) groups is 1. The first-order valence-electron chi connectivity index (χ1n) is 5.98. The number of phenols is 2. The lowest BCUT2D eigenvalue weighted by Crippen LogP contribution is -2.17. The number of rotatable bonds is 3. The van der Waals surface area contributed by atoms with Crippen LogP contribution in [0, 0.1) is 6.92 Å². The zero-order valence-electron chi connectivity index (χ0n) is 10.9. The Morgan fingerprint density at radius 3 is 2.50 bits per heavy atom. The molecule has 5 heteroatoms. The molecule has 0 aliphatic rings. The van der Waals surface area contributed by atoms with Gasteiger partial charge in [-0.2, -0.15) is 5.10 Å². The van der Waals surface area contributed by atoms with Crippen LogP contribution in [0.2, 0.25) is 0 Å². The molecular weight excluding hydrogens is 256 g/mol. The maximum absolute atomic E-state index is 11.8. The molecule has 0 heterocycles. The third kappa shape index (κ3) is 3.35. The van der Waals surface area contributed by atoms with Gasteiger partial charge in [-0.1, -0.05) is 17.7 Å². The lowest BCUT2D eigenvalue weighted by Gasteiger charge is -2.01. The first-order valence-corrected chi connectivity index (χ1v) is 5.98. The van der Waals surface area contributed by atoms with Crippen LogP contribution in [0.25, 0.3) is 0 Å². The molecule has 0 aliphatic heterocycles. The van der Waals surface area contributed by atoms with Crippen molar-refractivity contribution in [3.63, 3.8) is 0 Å². The highest BCUT2D eigenvalue weighted by Crippen LogP contribution is 2.20. The summed E-state index contributed by atoms with van der Waals surface area (Å²) in [6.45, 7) is 1.94. The SMILES string of the molecule is Cc1ccc(C(=O)NN=Cc2ccc(O)cc2O)cc1. The van der Waals surface area contributed by atoms with Crippen LogP contribution in [0.5, 0.6) is 11.5 Å². The summed E-state index contributed by atoms with van der Waals surface area (Å²) in [6.07, 6.45) is 1.31. The van der Waals surface area contributed by atoms with Gasteiger partial charge >= 0.3 is 0 Å². The number of carbonyl (C=O) groups excluding carboxylic acids is 1. The molecule has 5 nitrogen and oxygen atoms in total. The summed E-state index contributed by atoms with van der Waals surface area (Å²) in [7, 11) is 0. The van der Waals surface area contributed by atoms with Crippen LogP contribution in [0.3, 0.4) is 0 Å². The predicted molar refractivity (Wildman–Crippen MR) is 76.0 cm³/mol. The largest absolute Gasteiger partial charge is 0.508 e. The maximum atomic E-state index is 11.8. The van der Waals surface area contributed by atoms with Crippen LogP contribution < -0.4 is 5.43 Å². The highest BCUT2D eigenvalue weighted by Gasteiger charge is 2.03. The first kappa shape index (κ1) is 13.6. The molecule has 0 aromatic heterocycles. The third-order valence-electron chi connectivity index (χ3n) is 2.70. The summed E-state index contributed by atoms with van der Waals surface area (Å²) >= 11 is 0. The Morgan fingerprint density at radius 2 is 1.85 bits per heavy atom. The van der Waals surface area contributed by atoms with Gasteiger partial charge in [0.15, 0.2) is 0 Å². The van der Waals surface area contributed by atoms with Gasteiger partial charge in [-0.15, -0.1) is 0 Å². The fraction of sp³-hybridized carbons (Fsp3) is 0.0667. The molecule has 0 unspecified atom stereocenters. The molecule has 102 valence electrons. The Bertz CT molecular complexity index is 649.